The van der Waals surface area contributed by atoms with Gasteiger partial charge in [-0.1, -0.05) is 23.2 Å². The molecule has 1 amide bonds. The number of oxazole rings is 1. The fourth-order valence-corrected chi connectivity index (χ4v) is 3.52. The highest BCUT2D eigenvalue weighted by Crippen LogP contribution is 2.27. The number of aromatic nitrogens is 1. The molecular weight excluding hydrogens is 420 g/mol. The SMILES string of the molecule is O=C(COc1ccc(Cl)c(F)c1)N[C@H]1CC[C@H](c2nc3ccc(Cl)cc3o2)NC1. The number of benzene rings is 2. The lowest BCUT2D eigenvalue weighted by molar-refractivity contribution is -0.124. The summed E-state index contributed by atoms with van der Waals surface area (Å²) in [6, 6.07) is 9.32. The summed E-state index contributed by atoms with van der Waals surface area (Å²) in [5, 5.41) is 6.86. The molecule has 3 aromatic rings. The first kappa shape index (κ1) is 19.9. The highest BCUT2D eigenvalue weighted by atomic mass is 35.5. The number of rotatable bonds is 5. The van der Waals surface area contributed by atoms with Crippen molar-refractivity contribution in [2.24, 2.45) is 0 Å². The van der Waals surface area contributed by atoms with Crippen LogP contribution in [0.3, 0.4) is 0 Å². The van der Waals surface area contributed by atoms with Gasteiger partial charge in [0.25, 0.3) is 5.91 Å². The largest absolute Gasteiger partial charge is 0.484 e. The molecule has 0 bridgehead atoms. The van der Waals surface area contributed by atoms with E-state index in [2.05, 4.69) is 15.6 Å². The fourth-order valence-electron chi connectivity index (χ4n) is 3.24. The monoisotopic (exact) mass is 437 g/mol. The van der Waals surface area contributed by atoms with E-state index in [0.717, 1.165) is 24.4 Å². The van der Waals surface area contributed by atoms with Crippen molar-refractivity contribution in [1.82, 2.24) is 15.6 Å². The minimum absolute atomic E-state index is 0.00618. The van der Waals surface area contributed by atoms with Gasteiger partial charge in [-0.2, -0.15) is 0 Å². The van der Waals surface area contributed by atoms with Gasteiger partial charge in [0.05, 0.1) is 11.1 Å². The van der Waals surface area contributed by atoms with Gasteiger partial charge >= 0.3 is 0 Å². The number of ether oxygens (including phenoxy) is 1. The van der Waals surface area contributed by atoms with Gasteiger partial charge in [-0.25, -0.2) is 9.37 Å². The van der Waals surface area contributed by atoms with Crippen LogP contribution < -0.4 is 15.4 Å². The molecule has 1 fully saturated rings. The fraction of sp³-hybridized carbons (Fsp3) is 0.300. The van der Waals surface area contributed by atoms with E-state index in [0.29, 0.717) is 23.0 Å². The van der Waals surface area contributed by atoms with Crippen molar-refractivity contribution < 1.29 is 18.3 Å². The van der Waals surface area contributed by atoms with E-state index in [9.17, 15) is 9.18 Å². The zero-order valence-electron chi connectivity index (χ0n) is 15.3. The van der Waals surface area contributed by atoms with Gasteiger partial charge in [0.2, 0.25) is 5.89 Å². The molecule has 6 nitrogen and oxygen atoms in total. The van der Waals surface area contributed by atoms with Gasteiger partial charge in [0, 0.05) is 29.7 Å². The van der Waals surface area contributed by atoms with E-state index in [4.69, 9.17) is 32.4 Å². The molecule has 0 aliphatic carbocycles. The summed E-state index contributed by atoms with van der Waals surface area (Å²) >= 11 is 11.6. The second-order valence-electron chi connectivity index (χ2n) is 6.83. The van der Waals surface area contributed by atoms with Crippen LogP contribution in [0.2, 0.25) is 10.0 Å². The standard InChI is InChI=1S/C20H18Cl2FN3O3/c21-11-1-5-16-18(7-11)29-20(26-16)17-6-2-12(9-24-17)25-19(27)10-28-13-3-4-14(22)15(23)8-13/h1,3-5,7-8,12,17,24H,2,6,9-10H2,(H,25,27)/t12-,17+/m0/s1. The van der Waals surface area contributed by atoms with Crippen LogP contribution in [-0.4, -0.2) is 30.1 Å². The molecule has 0 spiro atoms. The topological polar surface area (TPSA) is 76.4 Å². The number of hydrogen-bond acceptors (Lipinski definition) is 5. The summed E-state index contributed by atoms with van der Waals surface area (Å²) in [5.74, 6) is -0.00392. The van der Waals surface area contributed by atoms with E-state index >= 15 is 0 Å². The van der Waals surface area contributed by atoms with Crippen molar-refractivity contribution in [2.75, 3.05) is 13.2 Å². The van der Waals surface area contributed by atoms with Crippen molar-refractivity contribution in [3.05, 3.63) is 58.2 Å². The maximum atomic E-state index is 13.4. The molecule has 152 valence electrons. The second-order valence-corrected chi connectivity index (χ2v) is 7.67. The molecule has 9 heteroatoms. The summed E-state index contributed by atoms with van der Waals surface area (Å²) in [5.41, 5.74) is 1.41. The average molecular weight is 438 g/mol. The Balaban J connectivity index is 1.26. The predicted octanol–water partition coefficient (Wildman–Crippen LogP) is 4.26. The number of amides is 1. The summed E-state index contributed by atoms with van der Waals surface area (Å²) < 4.78 is 24.5. The smallest absolute Gasteiger partial charge is 0.258 e. The minimum Gasteiger partial charge on any atom is -0.484 e. The molecule has 0 radical (unpaired) electrons. The number of piperidine rings is 1. The van der Waals surface area contributed by atoms with E-state index in [1.54, 1.807) is 12.1 Å². The number of nitrogens with zero attached hydrogens (tertiary/aromatic N) is 1. The lowest BCUT2D eigenvalue weighted by Crippen LogP contribution is -2.48. The Kier molecular flexibility index (Phi) is 5.89. The van der Waals surface area contributed by atoms with E-state index in [1.807, 2.05) is 6.07 Å². The molecule has 2 heterocycles. The molecule has 2 aromatic carbocycles. The number of halogens is 3. The number of hydrogen-bond donors (Lipinski definition) is 2. The van der Waals surface area contributed by atoms with Gasteiger partial charge in [0.1, 0.15) is 17.1 Å². The van der Waals surface area contributed by atoms with E-state index in [-0.39, 0.29) is 35.4 Å². The molecule has 2 atom stereocenters. The number of nitrogens with one attached hydrogen (secondary N) is 2. The highest BCUT2D eigenvalue weighted by molar-refractivity contribution is 6.31. The Morgan fingerprint density at radius 1 is 1.28 bits per heavy atom. The Labute approximate surface area is 176 Å². The van der Waals surface area contributed by atoms with Crippen LogP contribution in [0.4, 0.5) is 4.39 Å². The maximum Gasteiger partial charge on any atom is 0.258 e. The van der Waals surface area contributed by atoms with Crippen LogP contribution in [0.1, 0.15) is 24.8 Å². The number of carbonyl (C=O) groups excluding carboxylic acids is 1. The molecule has 29 heavy (non-hydrogen) atoms. The molecule has 1 saturated heterocycles. The first-order chi connectivity index (χ1) is 14.0. The van der Waals surface area contributed by atoms with E-state index < -0.39 is 5.82 Å². The molecule has 1 aromatic heterocycles. The zero-order chi connectivity index (χ0) is 20.4. The highest BCUT2D eigenvalue weighted by Gasteiger charge is 2.26. The summed E-state index contributed by atoms with van der Waals surface area (Å²) in [6.07, 6.45) is 1.52. The van der Waals surface area contributed by atoms with Crippen LogP contribution >= 0.6 is 23.2 Å². The first-order valence-electron chi connectivity index (χ1n) is 9.14. The number of carbonyl (C=O) groups is 1. The van der Waals surface area contributed by atoms with Gasteiger partial charge in [0.15, 0.2) is 12.2 Å². The molecule has 0 unspecified atom stereocenters. The lowest BCUT2D eigenvalue weighted by Gasteiger charge is -2.28. The normalized spacial score (nSPS) is 19.3. The Morgan fingerprint density at radius 2 is 2.14 bits per heavy atom. The maximum absolute atomic E-state index is 13.4. The summed E-state index contributed by atoms with van der Waals surface area (Å²) in [7, 11) is 0. The van der Waals surface area contributed by atoms with Crippen molar-refractivity contribution >= 4 is 40.2 Å². The average Bonchev–Trinajstić information content (AvgIpc) is 3.12. The van der Waals surface area contributed by atoms with Crippen LogP contribution in [0, 0.1) is 5.82 Å². The predicted molar refractivity (Wildman–Crippen MR) is 108 cm³/mol. The van der Waals surface area contributed by atoms with Gasteiger partial charge < -0.3 is 19.8 Å². The molecule has 0 saturated carbocycles. The summed E-state index contributed by atoms with van der Waals surface area (Å²) in [6.45, 7) is 0.373. The Hall–Kier alpha value is -2.35. The number of fused-ring (bicyclic) bond motifs is 1. The van der Waals surface area contributed by atoms with Crippen LogP contribution in [0.25, 0.3) is 11.1 Å². The van der Waals surface area contributed by atoms with Crippen molar-refractivity contribution in [3.63, 3.8) is 0 Å². The third-order valence-corrected chi connectivity index (χ3v) is 5.25. The quantitative estimate of drug-likeness (QED) is 0.623. The zero-order valence-corrected chi connectivity index (χ0v) is 16.8. The van der Waals surface area contributed by atoms with Crippen LogP contribution in [0.15, 0.2) is 40.8 Å². The molecular formula is C20H18Cl2FN3O3. The third kappa shape index (κ3) is 4.80. The van der Waals surface area contributed by atoms with Crippen LogP contribution in [0.5, 0.6) is 5.75 Å². The molecule has 2 N–H and O–H groups in total. The second kappa shape index (κ2) is 8.57. The summed E-state index contributed by atoms with van der Waals surface area (Å²) in [4.78, 5) is 16.6. The van der Waals surface area contributed by atoms with Gasteiger partial charge in [-0.3, -0.25) is 4.79 Å². The molecule has 1 aliphatic heterocycles. The minimum atomic E-state index is -0.589. The molecule has 4 rings (SSSR count). The third-order valence-electron chi connectivity index (χ3n) is 4.71. The Bertz CT molecular complexity index is 1030. The molecule has 1 aliphatic rings. The Morgan fingerprint density at radius 3 is 2.90 bits per heavy atom. The van der Waals surface area contributed by atoms with Crippen LogP contribution in [-0.2, 0) is 4.79 Å². The lowest BCUT2D eigenvalue weighted by atomic mass is 10.0. The van der Waals surface area contributed by atoms with Gasteiger partial charge in [-0.15, -0.1) is 0 Å². The van der Waals surface area contributed by atoms with Crippen molar-refractivity contribution in [3.8, 4) is 5.75 Å². The van der Waals surface area contributed by atoms with E-state index in [1.165, 1.54) is 12.1 Å². The van der Waals surface area contributed by atoms with Crippen molar-refractivity contribution in [2.45, 2.75) is 24.9 Å². The van der Waals surface area contributed by atoms with Gasteiger partial charge in [-0.05, 0) is 37.1 Å². The van der Waals surface area contributed by atoms with Crippen molar-refractivity contribution in [1.29, 1.82) is 0 Å². The first-order valence-corrected chi connectivity index (χ1v) is 9.90.